The third-order valence-electron chi connectivity index (χ3n) is 1.97. The van der Waals surface area contributed by atoms with E-state index >= 15 is 0 Å². The number of ether oxygens (including phenoxy) is 1. The molecule has 0 amide bonds. The van der Waals surface area contributed by atoms with Gasteiger partial charge < -0.3 is 4.74 Å². The van der Waals surface area contributed by atoms with Crippen LogP contribution in [0.3, 0.4) is 0 Å². The van der Waals surface area contributed by atoms with Crippen LogP contribution in [0.1, 0.15) is 0 Å². The summed E-state index contributed by atoms with van der Waals surface area (Å²) in [6.45, 7) is 0.278. The molecule has 1 aliphatic heterocycles. The number of epoxide rings is 1. The number of benzene rings is 1. The molecule has 7 heteroatoms. The van der Waals surface area contributed by atoms with Gasteiger partial charge in [-0.15, -0.1) is 0 Å². The van der Waals surface area contributed by atoms with Gasteiger partial charge in [-0.25, -0.2) is 8.78 Å². The number of rotatable bonds is 4. The van der Waals surface area contributed by atoms with Crippen molar-refractivity contribution in [1.82, 2.24) is 0 Å². The quantitative estimate of drug-likeness (QED) is 0.592. The molecule has 0 saturated carbocycles. The number of hydrogen-bond acceptors (Lipinski definition) is 4. The van der Waals surface area contributed by atoms with Crippen LogP contribution in [0.15, 0.2) is 23.1 Å². The molecule has 1 heterocycles. The molecule has 1 aromatic carbocycles. The van der Waals surface area contributed by atoms with Gasteiger partial charge in [0.15, 0.2) is 0 Å². The van der Waals surface area contributed by atoms with Crippen molar-refractivity contribution in [1.29, 1.82) is 0 Å². The molecule has 4 nitrogen and oxygen atoms in total. The first-order valence-electron chi connectivity index (χ1n) is 4.45. The first-order chi connectivity index (χ1) is 7.49. The van der Waals surface area contributed by atoms with Crippen LogP contribution in [0.4, 0.5) is 8.78 Å². The molecule has 1 saturated heterocycles. The summed E-state index contributed by atoms with van der Waals surface area (Å²) >= 11 is 0. The summed E-state index contributed by atoms with van der Waals surface area (Å²) in [6, 6.07) is 2.17. The average Bonchev–Trinajstić information content (AvgIpc) is 2.97. The molecule has 0 N–H and O–H groups in total. The molecule has 0 bridgehead atoms. The summed E-state index contributed by atoms with van der Waals surface area (Å²) in [4.78, 5) is -0.672. The summed E-state index contributed by atoms with van der Waals surface area (Å²) in [6.07, 6.45) is -0.252. The van der Waals surface area contributed by atoms with Gasteiger partial charge in [0.05, 0.1) is 13.2 Å². The van der Waals surface area contributed by atoms with E-state index in [0.29, 0.717) is 12.7 Å². The van der Waals surface area contributed by atoms with Crippen molar-refractivity contribution in [2.24, 2.45) is 0 Å². The Morgan fingerprint density at radius 2 is 2.12 bits per heavy atom. The van der Waals surface area contributed by atoms with Gasteiger partial charge in [-0.05, 0) is 12.1 Å². The van der Waals surface area contributed by atoms with Gasteiger partial charge in [0.25, 0.3) is 10.1 Å². The maximum Gasteiger partial charge on any atom is 0.300 e. The molecule has 16 heavy (non-hydrogen) atoms. The fourth-order valence-corrected chi connectivity index (χ4v) is 2.06. The second-order valence-electron chi connectivity index (χ2n) is 3.27. The third kappa shape index (κ3) is 2.55. The van der Waals surface area contributed by atoms with Gasteiger partial charge >= 0.3 is 0 Å². The lowest BCUT2D eigenvalue weighted by atomic mass is 10.3. The molecule has 0 aromatic heterocycles. The first-order valence-corrected chi connectivity index (χ1v) is 5.86. The summed E-state index contributed by atoms with van der Waals surface area (Å²) in [5.74, 6) is -2.02. The summed E-state index contributed by atoms with van der Waals surface area (Å²) in [5, 5.41) is 0. The Hall–Kier alpha value is -1.05. The Balaban J connectivity index is 2.20. The molecule has 1 aromatic rings. The van der Waals surface area contributed by atoms with E-state index in [1.165, 1.54) is 0 Å². The molecule has 0 spiro atoms. The van der Waals surface area contributed by atoms with Crippen molar-refractivity contribution in [3.05, 3.63) is 29.8 Å². The number of hydrogen-bond donors (Lipinski definition) is 0. The standard InChI is InChI=1S/C9H8F2O4S/c10-6-1-2-9(8(11)3-6)16(12,13)15-5-7-4-14-7/h1-3,7H,4-5H2/t7-/m0/s1. The van der Waals surface area contributed by atoms with Gasteiger partial charge in [-0.1, -0.05) is 0 Å². The molecule has 2 rings (SSSR count). The van der Waals surface area contributed by atoms with E-state index in [1.807, 2.05) is 0 Å². The van der Waals surface area contributed by atoms with Gasteiger partial charge in [0.2, 0.25) is 0 Å². The Morgan fingerprint density at radius 3 is 2.69 bits per heavy atom. The van der Waals surface area contributed by atoms with Crippen molar-refractivity contribution >= 4 is 10.1 Å². The Kier molecular flexibility index (Phi) is 2.92. The van der Waals surface area contributed by atoms with Crippen molar-refractivity contribution in [3.8, 4) is 0 Å². The van der Waals surface area contributed by atoms with Gasteiger partial charge in [0.1, 0.15) is 22.6 Å². The molecular formula is C9H8F2O4S. The predicted octanol–water partition coefficient (Wildman–Crippen LogP) is 1.07. The third-order valence-corrected chi connectivity index (χ3v) is 3.29. The van der Waals surface area contributed by atoms with E-state index in [1.54, 1.807) is 0 Å². The smallest absolute Gasteiger partial charge is 0.300 e. The second kappa shape index (κ2) is 4.08. The molecule has 1 fully saturated rings. The Labute approximate surface area is 90.9 Å². The lowest BCUT2D eigenvalue weighted by molar-refractivity contribution is 0.265. The zero-order valence-electron chi connectivity index (χ0n) is 8.02. The van der Waals surface area contributed by atoms with Gasteiger partial charge in [-0.3, -0.25) is 4.18 Å². The van der Waals surface area contributed by atoms with E-state index in [-0.39, 0.29) is 12.7 Å². The zero-order valence-corrected chi connectivity index (χ0v) is 8.84. The topological polar surface area (TPSA) is 55.9 Å². The van der Waals surface area contributed by atoms with Crippen molar-refractivity contribution in [2.75, 3.05) is 13.2 Å². The van der Waals surface area contributed by atoms with E-state index < -0.39 is 26.6 Å². The Bertz CT molecular complexity index is 496. The molecule has 0 radical (unpaired) electrons. The lowest BCUT2D eigenvalue weighted by Gasteiger charge is -2.04. The lowest BCUT2D eigenvalue weighted by Crippen LogP contribution is -2.12. The monoisotopic (exact) mass is 250 g/mol. The first kappa shape index (κ1) is 11.4. The predicted molar refractivity (Wildman–Crippen MR) is 49.2 cm³/mol. The minimum Gasteiger partial charge on any atom is -0.371 e. The maximum absolute atomic E-state index is 13.2. The van der Waals surface area contributed by atoms with Crippen LogP contribution >= 0.6 is 0 Å². The van der Waals surface area contributed by atoms with Crippen molar-refractivity contribution < 1.29 is 26.1 Å². The fourth-order valence-electron chi connectivity index (χ4n) is 1.07. The minimum absolute atomic E-state index is 0.154. The van der Waals surface area contributed by atoms with Crippen LogP contribution in [0.5, 0.6) is 0 Å². The second-order valence-corrected chi connectivity index (χ2v) is 4.85. The highest BCUT2D eigenvalue weighted by Crippen LogP contribution is 2.19. The summed E-state index contributed by atoms with van der Waals surface area (Å²) in [7, 11) is -4.18. The average molecular weight is 250 g/mol. The van der Waals surface area contributed by atoms with Crippen LogP contribution in [-0.2, 0) is 19.0 Å². The van der Waals surface area contributed by atoms with Crippen LogP contribution in [0.25, 0.3) is 0 Å². The van der Waals surface area contributed by atoms with E-state index in [2.05, 4.69) is 4.18 Å². The van der Waals surface area contributed by atoms with Gasteiger partial charge in [0, 0.05) is 6.07 Å². The van der Waals surface area contributed by atoms with Crippen LogP contribution in [0, 0.1) is 11.6 Å². The van der Waals surface area contributed by atoms with Gasteiger partial charge in [-0.2, -0.15) is 8.42 Å². The maximum atomic E-state index is 13.2. The van der Waals surface area contributed by atoms with Crippen LogP contribution < -0.4 is 0 Å². The molecule has 1 atom stereocenters. The SMILES string of the molecule is O=S(=O)(OC[C@@H]1CO1)c1ccc(F)cc1F. The van der Waals surface area contributed by atoms with E-state index in [9.17, 15) is 17.2 Å². The fraction of sp³-hybridized carbons (Fsp3) is 0.333. The highest BCUT2D eigenvalue weighted by molar-refractivity contribution is 7.86. The highest BCUT2D eigenvalue weighted by Gasteiger charge is 2.28. The minimum atomic E-state index is -4.18. The molecule has 88 valence electrons. The normalized spacial score (nSPS) is 19.8. The van der Waals surface area contributed by atoms with Crippen molar-refractivity contribution in [2.45, 2.75) is 11.0 Å². The molecule has 1 aliphatic rings. The zero-order chi connectivity index (χ0) is 11.8. The molecule has 0 unspecified atom stereocenters. The van der Waals surface area contributed by atoms with Crippen LogP contribution in [0.2, 0.25) is 0 Å². The van der Waals surface area contributed by atoms with E-state index in [4.69, 9.17) is 4.74 Å². The highest BCUT2D eigenvalue weighted by atomic mass is 32.2. The van der Waals surface area contributed by atoms with E-state index in [0.717, 1.165) is 12.1 Å². The summed E-state index contributed by atoms with van der Waals surface area (Å²) < 4.78 is 57.9. The molecular weight excluding hydrogens is 242 g/mol. The molecule has 0 aliphatic carbocycles. The van der Waals surface area contributed by atoms with Crippen LogP contribution in [-0.4, -0.2) is 27.7 Å². The number of halogens is 2. The largest absolute Gasteiger partial charge is 0.371 e. The van der Waals surface area contributed by atoms with Crippen molar-refractivity contribution in [3.63, 3.8) is 0 Å². The Morgan fingerprint density at radius 1 is 1.44 bits per heavy atom. The summed E-state index contributed by atoms with van der Waals surface area (Å²) in [5.41, 5.74) is 0.